The van der Waals surface area contributed by atoms with Gasteiger partial charge in [-0.2, -0.15) is 0 Å². The van der Waals surface area contributed by atoms with Crippen LogP contribution in [0.25, 0.3) is 0 Å². The molecule has 5 rings (SSSR count). The monoisotopic (exact) mass is 398 g/mol. The smallest absolute Gasteiger partial charge is 0.233 e. The molecule has 4 aliphatic carbocycles. The highest BCUT2D eigenvalue weighted by molar-refractivity contribution is 6.06. The molecule has 0 aromatic heterocycles. The quantitative estimate of drug-likeness (QED) is 0.227. The molecule has 7 atom stereocenters. The molecule has 1 heterocycles. The summed E-state index contributed by atoms with van der Waals surface area (Å²) in [5.41, 5.74) is 0. The first-order chi connectivity index (χ1) is 14.2. The number of hydrogen-bond acceptors (Lipinski definition) is 3. The van der Waals surface area contributed by atoms with Crippen molar-refractivity contribution < 1.29 is 9.59 Å². The van der Waals surface area contributed by atoms with Gasteiger partial charge in [0.05, 0.1) is 11.8 Å². The Balaban J connectivity index is 1.02. The van der Waals surface area contributed by atoms with Gasteiger partial charge in [0, 0.05) is 26.7 Å². The van der Waals surface area contributed by atoms with Crippen molar-refractivity contribution in [2.24, 2.45) is 46.4 Å². The SMILES string of the molecule is CN=C(NCCCN1C(=O)C2C3C=CC(C3)C2C1=O)NCCC1CC2CCC1C2. The Morgan fingerprint density at radius 2 is 1.76 bits per heavy atom. The van der Waals surface area contributed by atoms with Gasteiger partial charge in [-0.3, -0.25) is 19.5 Å². The van der Waals surface area contributed by atoms with Crippen molar-refractivity contribution in [3.05, 3.63) is 12.2 Å². The van der Waals surface area contributed by atoms with Crippen LogP contribution in [0.5, 0.6) is 0 Å². The number of nitrogens with zero attached hydrogens (tertiary/aromatic N) is 2. The predicted octanol–water partition coefficient (Wildman–Crippen LogP) is 2.17. The Morgan fingerprint density at radius 3 is 2.38 bits per heavy atom. The summed E-state index contributed by atoms with van der Waals surface area (Å²) >= 11 is 0. The molecule has 2 amide bonds. The minimum atomic E-state index is -0.0780. The van der Waals surface area contributed by atoms with Gasteiger partial charge in [-0.05, 0) is 68.1 Å². The standard InChI is InChI=1S/C23H34N4O2/c1-24-23(26-9-7-16-12-14-3-4-15(16)11-14)25-8-2-10-27-21(28)19-17-5-6-18(13-17)20(19)22(27)29/h5-6,14-20H,2-4,7-13H2,1H3,(H2,24,25,26). The van der Waals surface area contributed by atoms with Crippen LogP contribution < -0.4 is 10.6 Å². The lowest BCUT2D eigenvalue weighted by Crippen LogP contribution is -2.40. The fraction of sp³-hybridized carbons (Fsp3) is 0.783. The summed E-state index contributed by atoms with van der Waals surface area (Å²) in [6.07, 6.45) is 13.1. The molecule has 7 unspecified atom stereocenters. The Kier molecular flexibility index (Phi) is 5.12. The van der Waals surface area contributed by atoms with Crippen LogP contribution in [0.3, 0.4) is 0 Å². The topological polar surface area (TPSA) is 73.8 Å². The Labute approximate surface area is 173 Å². The van der Waals surface area contributed by atoms with Crippen molar-refractivity contribution in [2.75, 3.05) is 26.7 Å². The zero-order valence-corrected chi connectivity index (χ0v) is 17.5. The van der Waals surface area contributed by atoms with Gasteiger partial charge in [-0.15, -0.1) is 0 Å². The average Bonchev–Trinajstić information content (AvgIpc) is 3.53. The number of carbonyl (C=O) groups is 2. The van der Waals surface area contributed by atoms with Crippen LogP contribution in [-0.4, -0.2) is 49.4 Å². The molecule has 29 heavy (non-hydrogen) atoms. The minimum Gasteiger partial charge on any atom is -0.356 e. The first-order valence-electron chi connectivity index (χ1n) is 11.6. The maximum Gasteiger partial charge on any atom is 0.233 e. The lowest BCUT2D eigenvalue weighted by atomic mass is 9.85. The number of carbonyl (C=O) groups excluding carboxylic acids is 2. The highest BCUT2D eigenvalue weighted by atomic mass is 16.2. The second kappa shape index (κ2) is 7.77. The van der Waals surface area contributed by atoms with Gasteiger partial charge in [0.1, 0.15) is 0 Å². The summed E-state index contributed by atoms with van der Waals surface area (Å²) < 4.78 is 0. The van der Waals surface area contributed by atoms with Crippen molar-refractivity contribution in [3.63, 3.8) is 0 Å². The maximum absolute atomic E-state index is 12.7. The molecular weight excluding hydrogens is 364 g/mol. The second-order valence-corrected chi connectivity index (χ2v) is 9.83. The fourth-order valence-corrected chi connectivity index (χ4v) is 6.96. The maximum atomic E-state index is 12.7. The van der Waals surface area contributed by atoms with Gasteiger partial charge in [0.2, 0.25) is 11.8 Å². The van der Waals surface area contributed by atoms with Crippen LogP contribution >= 0.6 is 0 Å². The summed E-state index contributed by atoms with van der Waals surface area (Å²) in [5.74, 6) is 4.25. The van der Waals surface area contributed by atoms with Crippen LogP contribution in [0.1, 0.15) is 44.9 Å². The number of allylic oxidation sites excluding steroid dienone is 2. The van der Waals surface area contributed by atoms with Crippen molar-refractivity contribution in [1.82, 2.24) is 15.5 Å². The van der Waals surface area contributed by atoms with Gasteiger partial charge in [0.15, 0.2) is 5.96 Å². The minimum absolute atomic E-state index is 0.0604. The number of aliphatic imine (C=N–C) groups is 1. The molecule has 5 aliphatic rings. The van der Waals surface area contributed by atoms with E-state index in [2.05, 4.69) is 27.8 Å². The van der Waals surface area contributed by atoms with Crippen LogP contribution in [0.4, 0.5) is 0 Å². The number of imide groups is 1. The van der Waals surface area contributed by atoms with Crippen LogP contribution in [0, 0.1) is 41.4 Å². The number of nitrogens with one attached hydrogen (secondary N) is 2. The van der Waals surface area contributed by atoms with E-state index in [1.807, 2.05) is 0 Å². The third-order valence-corrected chi connectivity index (χ3v) is 8.33. The molecule has 0 aromatic carbocycles. The molecule has 6 heteroatoms. The zero-order chi connectivity index (χ0) is 20.0. The van der Waals surface area contributed by atoms with Crippen LogP contribution in [0.15, 0.2) is 17.1 Å². The lowest BCUT2D eigenvalue weighted by molar-refractivity contribution is -0.140. The van der Waals surface area contributed by atoms with Crippen LogP contribution in [0.2, 0.25) is 0 Å². The molecule has 4 fully saturated rings. The lowest BCUT2D eigenvalue weighted by Gasteiger charge is -2.22. The van der Waals surface area contributed by atoms with Gasteiger partial charge in [-0.1, -0.05) is 18.6 Å². The predicted molar refractivity (Wildman–Crippen MR) is 112 cm³/mol. The Bertz CT molecular complexity index is 702. The van der Waals surface area contributed by atoms with Crippen molar-refractivity contribution in [3.8, 4) is 0 Å². The highest BCUT2D eigenvalue weighted by Crippen LogP contribution is 2.52. The second-order valence-electron chi connectivity index (χ2n) is 9.83. The summed E-state index contributed by atoms with van der Waals surface area (Å²) in [6.45, 7) is 2.19. The van der Waals surface area contributed by atoms with E-state index in [4.69, 9.17) is 0 Å². The number of hydrogen-bond donors (Lipinski definition) is 2. The van der Waals surface area contributed by atoms with Gasteiger partial charge >= 0.3 is 0 Å². The largest absolute Gasteiger partial charge is 0.356 e. The van der Waals surface area contributed by atoms with E-state index in [1.54, 1.807) is 7.05 Å². The molecular formula is C23H34N4O2. The van der Waals surface area contributed by atoms with Crippen molar-refractivity contribution in [2.45, 2.75) is 44.9 Å². The summed E-state index contributed by atoms with van der Waals surface area (Å²) in [7, 11) is 1.80. The van der Waals surface area contributed by atoms with E-state index >= 15 is 0 Å². The first kappa shape index (κ1) is 19.1. The molecule has 158 valence electrons. The van der Waals surface area contributed by atoms with Gasteiger partial charge in [-0.25, -0.2) is 0 Å². The zero-order valence-electron chi connectivity index (χ0n) is 17.5. The van der Waals surface area contributed by atoms with Crippen molar-refractivity contribution in [1.29, 1.82) is 0 Å². The molecule has 1 aliphatic heterocycles. The van der Waals surface area contributed by atoms with Crippen LogP contribution in [-0.2, 0) is 9.59 Å². The number of likely N-dealkylation sites (tertiary alicyclic amines) is 1. The summed E-state index contributed by atoms with van der Waals surface area (Å²) in [6, 6.07) is 0. The number of guanidine groups is 1. The molecule has 0 spiro atoms. The van der Waals surface area contributed by atoms with E-state index in [0.29, 0.717) is 24.9 Å². The molecule has 4 bridgehead atoms. The van der Waals surface area contributed by atoms with E-state index in [-0.39, 0.29) is 23.7 Å². The number of rotatable bonds is 7. The first-order valence-corrected chi connectivity index (χ1v) is 11.6. The van der Waals surface area contributed by atoms with Gasteiger partial charge < -0.3 is 10.6 Å². The van der Waals surface area contributed by atoms with E-state index in [9.17, 15) is 9.59 Å². The Morgan fingerprint density at radius 1 is 1.03 bits per heavy atom. The summed E-state index contributed by atoms with van der Waals surface area (Å²) in [4.78, 5) is 31.3. The molecule has 2 N–H and O–H groups in total. The van der Waals surface area contributed by atoms with E-state index in [1.165, 1.54) is 37.0 Å². The normalized spacial score (nSPS) is 39.7. The molecule has 3 saturated carbocycles. The number of fused-ring (bicyclic) bond motifs is 7. The fourth-order valence-electron chi connectivity index (χ4n) is 6.96. The van der Waals surface area contributed by atoms with E-state index in [0.717, 1.165) is 43.1 Å². The molecule has 1 saturated heterocycles. The van der Waals surface area contributed by atoms with Gasteiger partial charge in [0.25, 0.3) is 0 Å². The molecule has 6 nitrogen and oxygen atoms in total. The summed E-state index contributed by atoms with van der Waals surface area (Å²) in [5, 5.41) is 6.78. The third-order valence-electron chi connectivity index (χ3n) is 8.33. The number of amides is 2. The average molecular weight is 399 g/mol. The van der Waals surface area contributed by atoms with Crippen molar-refractivity contribution >= 4 is 17.8 Å². The molecule has 0 aromatic rings. The highest BCUT2D eigenvalue weighted by Gasteiger charge is 2.58. The third kappa shape index (κ3) is 3.38. The Hall–Kier alpha value is -1.85. The molecule has 0 radical (unpaired) electrons. The van der Waals surface area contributed by atoms with E-state index < -0.39 is 0 Å².